The number of hydrogen-bond acceptors (Lipinski definition) is 1. The molecule has 1 N–H and O–H groups in total. The summed E-state index contributed by atoms with van der Waals surface area (Å²) in [6.45, 7) is 0. The monoisotopic (exact) mass is 247 g/mol. The second kappa shape index (κ2) is 4.29. The quantitative estimate of drug-likeness (QED) is 0.806. The highest BCUT2D eigenvalue weighted by Gasteiger charge is 2.35. The van der Waals surface area contributed by atoms with Gasteiger partial charge in [-0.2, -0.15) is 13.2 Å². The molecule has 0 aliphatic heterocycles. The summed E-state index contributed by atoms with van der Waals surface area (Å²) in [5.74, 6) is -0.447. The van der Waals surface area contributed by atoms with Crippen molar-refractivity contribution in [3.63, 3.8) is 0 Å². The molecule has 1 aromatic carbocycles. The molecular formula is C12H13F4N. The molecule has 17 heavy (non-hydrogen) atoms. The Hall–Kier alpha value is -1.10. The first-order valence-corrected chi connectivity index (χ1v) is 5.47. The number of alkyl halides is 3. The Morgan fingerprint density at radius 3 is 2.35 bits per heavy atom. The van der Waals surface area contributed by atoms with Gasteiger partial charge < -0.3 is 5.32 Å². The Labute approximate surface area is 96.8 Å². The zero-order chi connectivity index (χ0) is 12.6. The van der Waals surface area contributed by atoms with Crippen LogP contribution in [-0.4, -0.2) is 7.05 Å². The molecule has 0 unspecified atom stereocenters. The number of nitrogens with one attached hydrogen (secondary N) is 1. The van der Waals surface area contributed by atoms with Crippen molar-refractivity contribution in [2.75, 3.05) is 7.05 Å². The molecule has 2 rings (SSSR count). The normalized spacial score (nSPS) is 18.2. The maximum absolute atomic E-state index is 13.7. The Morgan fingerprint density at radius 2 is 1.94 bits per heavy atom. The van der Waals surface area contributed by atoms with E-state index in [2.05, 4.69) is 5.32 Å². The highest BCUT2D eigenvalue weighted by Crippen LogP contribution is 2.42. The number of halogens is 4. The maximum Gasteiger partial charge on any atom is 0.416 e. The Kier molecular flexibility index (Phi) is 3.12. The third-order valence-corrected chi connectivity index (χ3v) is 3.07. The summed E-state index contributed by atoms with van der Waals surface area (Å²) in [6.07, 6.45) is -2.51. The summed E-state index contributed by atoms with van der Waals surface area (Å²) in [7, 11) is 1.69. The van der Waals surface area contributed by atoms with E-state index in [4.69, 9.17) is 0 Å². The van der Waals surface area contributed by atoms with Gasteiger partial charge in [0.15, 0.2) is 0 Å². The van der Waals surface area contributed by atoms with Gasteiger partial charge in [-0.05, 0) is 37.9 Å². The van der Waals surface area contributed by atoms with Gasteiger partial charge in [0.25, 0.3) is 0 Å². The van der Waals surface area contributed by atoms with Gasteiger partial charge in [0.1, 0.15) is 5.82 Å². The van der Waals surface area contributed by atoms with Crippen molar-refractivity contribution in [1.82, 2.24) is 5.32 Å². The molecule has 1 saturated carbocycles. The van der Waals surface area contributed by atoms with Crippen LogP contribution < -0.4 is 5.32 Å². The SMILES string of the molecule is CN[C@@H](c1ccc(C(F)(F)F)cc1F)C1CC1. The van der Waals surface area contributed by atoms with Gasteiger partial charge in [0, 0.05) is 11.6 Å². The number of rotatable bonds is 3. The standard InChI is InChI=1S/C12H13F4N/c1-17-11(7-2-3-7)9-5-4-8(6-10(9)13)12(14,15)16/h4-7,11,17H,2-3H2,1H3/t11-/m1/s1. The molecule has 0 bridgehead atoms. The minimum absolute atomic E-state index is 0.183. The summed E-state index contributed by atoms with van der Waals surface area (Å²) >= 11 is 0. The van der Waals surface area contributed by atoms with Crippen molar-refractivity contribution in [2.45, 2.75) is 25.1 Å². The Balaban J connectivity index is 2.30. The lowest BCUT2D eigenvalue weighted by Crippen LogP contribution is -2.20. The first kappa shape index (κ1) is 12.4. The zero-order valence-corrected chi connectivity index (χ0v) is 9.31. The first-order valence-electron chi connectivity index (χ1n) is 5.47. The van der Waals surface area contributed by atoms with E-state index in [0.29, 0.717) is 17.5 Å². The lowest BCUT2D eigenvalue weighted by molar-refractivity contribution is -0.137. The van der Waals surface area contributed by atoms with E-state index in [-0.39, 0.29) is 6.04 Å². The molecule has 0 spiro atoms. The minimum atomic E-state index is -4.49. The molecule has 94 valence electrons. The van der Waals surface area contributed by atoms with Crippen LogP contribution in [0, 0.1) is 11.7 Å². The van der Waals surface area contributed by atoms with Crippen molar-refractivity contribution in [1.29, 1.82) is 0 Å². The minimum Gasteiger partial charge on any atom is -0.313 e. The lowest BCUT2D eigenvalue weighted by Gasteiger charge is -2.17. The van der Waals surface area contributed by atoms with Crippen LogP contribution in [0.5, 0.6) is 0 Å². The highest BCUT2D eigenvalue weighted by molar-refractivity contribution is 5.29. The summed E-state index contributed by atoms with van der Waals surface area (Å²) in [6, 6.07) is 2.56. The number of benzene rings is 1. The molecule has 1 fully saturated rings. The van der Waals surface area contributed by atoms with Crippen LogP contribution in [0.1, 0.15) is 30.0 Å². The van der Waals surface area contributed by atoms with E-state index in [1.807, 2.05) is 0 Å². The van der Waals surface area contributed by atoms with Crippen LogP contribution in [0.15, 0.2) is 18.2 Å². The summed E-state index contributed by atoms with van der Waals surface area (Å²) < 4.78 is 50.8. The average Bonchev–Trinajstić information content (AvgIpc) is 3.04. The van der Waals surface area contributed by atoms with Gasteiger partial charge in [0.05, 0.1) is 5.56 Å². The number of hydrogen-bond donors (Lipinski definition) is 1. The van der Waals surface area contributed by atoms with Gasteiger partial charge >= 0.3 is 6.18 Å². The predicted molar refractivity (Wildman–Crippen MR) is 55.9 cm³/mol. The van der Waals surface area contributed by atoms with Gasteiger partial charge in [-0.3, -0.25) is 0 Å². The molecule has 1 aliphatic carbocycles. The van der Waals surface area contributed by atoms with Gasteiger partial charge in [0.2, 0.25) is 0 Å². The molecule has 0 heterocycles. The van der Waals surface area contributed by atoms with Crippen molar-refractivity contribution in [3.05, 3.63) is 35.1 Å². The molecule has 1 aromatic rings. The molecule has 0 saturated heterocycles. The topological polar surface area (TPSA) is 12.0 Å². The molecule has 0 radical (unpaired) electrons. The fraction of sp³-hybridized carbons (Fsp3) is 0.500. The van der Waals surface area contributed by atoms with E-state index in [9.17, 15) is 17.6 Å². The molecule has 1 nitrogen and oxygen atoms in total. The molecule has 0 amide bonds. The van der Waals surface area contributed by atoms with E-state index in [1.165, 1.54) is 6.07 Å². The predicted octanol–water partition coefficient (Wildman–Crippen LogP) is 3.52. The third kappa shape index (κ3) is 2.60. The Bertz CT molecular complexity index is 409. The van der Waals surface area contributed by atoms with Crippen LogP contribution in [0.4, 0.5) is 17.6 Å². The third-order valence-electron chi connectivity index (χ3n) is 3.07. The summed E-state index contributed by atoms with van der Waals surface area (Å²) in [5.41, 5.74) is -0.618. The summed E-state index contributed by atoms with van der Waals surface area (Å²) in [4.78, 5) is 0. The first-order chi connectivity index (χ1) is 7.93. The van der Waals surface area contributed by atoms with Gasteiger partial charge in [-0.15, -0.1) is 0 Å². The van der Waals surface area contributed by atoms with Crippen molar-refractivity contribution in [3.8, 4) is 0 Å². The average molecular weight is 247 g/mol. The summed E-state index contributed by atoms with van der Waals surface area (Å²) in [5, 5.41) is 2.96. The van der Waals surface area contributed by atoms with E-state index in [0.717, 1.165) is 18.9 Å². The van der Waals surface area contributed by atoms with Crippen molar-refractivity contribution >= 4 is 0 Å². The second-order valence-electron chi connectivity index (χ2n) is 4.34. The van der Waals surface area contributed by atoms with Crippen LogP contribution in [0.3, 0.4) is 0 Å². The molecular weight excluding hydrogens is 234 g/mol. The lowest BCUT2D eigenvalue weighted by atomic mass is 10.00. The molecule has 1 aliphatic rings. The van der Waals surface area contributed by atoms with E-state index < -0.39 is 17.6 Å². The van der Waals surface area contributed by atoms with E-state index >= 15 is 0 Å². The fourth-order valence-electron chi connectivity index (χ4n) is 2.03. The van der Waals surface area contributed by atoms with Crippen LogP contribution >= 0.6 is 0 Å². The largest absolute Gasteiger partial charge is 0.416 e. The second-order valence-corrected chi connectivity index (χ2v) is 4.34. The molecule has 1 atom stereocenters. The highest BCUT2D eigenvalue weighted by atomic mass is 19.4. The maximum atomic E-state index is 13.7. The van der Waals surface area contributed by atoms with Gasteiger partial charge in [-0.25, -0.2) is 4.39 Å². The van der Waals surface area contributed by atoms with Crippen LogP contribution in [0.25, 0.3) is 0 Å². The van der Waals surface area contributed by atoms with Gasteiger partial charge in [-0.1, -0.05) is 6.07 Å². The smallest absolute Gasteiger partial charge is 0.313 e. The molecule has 0 aromatic heterocycles. The fourth-order valence-corrected chi connectivity index (χ4v) is 2.03. The van der Waals surface area contributed by atoms with Crippen molar-refractivity contribution < 1.29 is 17.6 Å². The molecule has 5 heteroatoms. The van der Waals surface area contributed by atoms with Crippen LogP contribution in [0.2, 0.25) is 0 Å². The van der Waals surface area contributed by atoms with E-state index in [1.54, 1.807) is 7.05 Å². The van der Waals surface area contributed by atoms with Crippen LogP contribution in [-0.2, 0) is 6.18 Å². The van der Waals surface area contributed by atoms with Crippen molar-refractivity contribution in [2.24, 2.45) is 5.92 Å². The zero-order valence-electron chi connectivity index (χ0n) is 9.31. The Morgan fingerprint density at radius 1 is 1.29 bits per heavy atom.